The maximum atomic E-state index is 5.66. The fourth-order valence-electron chi connectivity index (χ4n) is 1.95. The number of hydrogen-bond donors (Lipinski definition) is 1. The molecule has 0 radical (unpaired) electrons. The number of aromatic nitrogens is 3. The third kappa shape index (κ3) is 3.23. The highest BCUT2D eigenvalue weighted by atomic mass is 32.1. The summed E-state index contributed by atoms with van der Waals surface area (Å²) in [6.07, 6.45) is 1.78. The van der Waals surface area contributed by atoms with Crippen LogP contribution in [0.2, 0.25) is 0 Å². The Balaban J connectivity index is 2.24. The first-order valence-electron chi connectivity index (χ1n) is 6.81. The summed E-state index contributed by atoms with van der Waals surface area (Å²) in [6, 6.07) is 0. The van der Waals surface area contributed by atoms with Crippen LogP contribution in [0.5, 0.6) is 0 Å². The van der Waals surface area contributed by atoms with Crippen LogP contribution in [0.4, 0.5) is 0 Å². The summed E-state index contributed by atoms with van der Waals surface area (Å²) in [4.78, 5) is 9.71. The second-order valence-corrected chi connectivity index (χ2v) is 5.50. The van der Waals surface area contributed by atoms with E-state index < -0.39 is 0 Å². The van der Waals surface area contributed by atoms with Crippen LogP contribution < -0.4 is 5.73 Å². The Morgan fingerprint density at radius 2 is 2.15 bits per heavy atom. The Hall–Kier alpha value is -1.31. The van der Waals surface area contributed by atoms with Crippen molar-refractivity contribution in [1.82, 2.24) is 15.1 Å². The standard InChI is InChI=1S/C13H20N4O2S/c1-4-6-9(18-5-2)12-16-13(19-17-12)11-8(3)15-10(7-14)20-11/h9H,4-7,14H2,1-3H3. The average molecular weight is 296 g/mol. The molecule has 0 saturated heterocycles. The van der Waals surface area contributed by atoms with Crippen LogP contribution in [0.15, 0.2) is 4.52 Å². The highest BCUT2D eigenvalue weighted by Crippen LogP contribution is 2.30. The van der Waals surface area contributed by atoms with Crippen molar-refractivity contribution >= 4 is 11.3 Å². The zero-order valence-corrected chi connectivity index (χ0v) is 12.9. The lowest BCUT2D eigenvalue weighted by atomic mass is 10.2. The minimum atomic E-state index is -0.107. The molecule has 1 atom stereocenters. The first kappa shape index (κ1) is 15.1. The Morgan fingerprint density at radius 1 is 1.35 bits per heavy atom. The molecular weight excluding hydrogens is 276 g/mol. The van der Waals surface area contributed by atoms with Crippen LogP contribution in [0.1, 0.15) is 49.3 Å². The fraction of sp³-hybridized carbons (Fsp3) is 0.615. The van der Waals surface area contributed by atoms with E-state index in [1.165, 1.54) is 11.3 Å². The van der Waals surface area contributed by atoms with Gasteiger partial charge in [-0.05, 0) is 20.3 Å². The monoisotopic (exact) mass is 296 g/mol. The minimum absolute atomic E-state index is 0.107. The van der Waals surface area contributed by atoms with Gasteiger partial charge in [0.05, 0.1) is 5.69 Å². The molecule has 2 N–H and O–H groups in total. The molecule has 2 aromatic rings. The first-order valence-corrected chi connectivity index (χ1v) is 7.63. The van der Waals surface area contributed by atoms with Crippen molar-refractivity contribution in [2.24, 2.45) is 5.73 Å². The van der Waals surface area contributed by atoms with Crippen LogP contribution >= 0.6 is 11.3 Å². The molecule has 0 aliphatic carbocycles. The normalized spacial score (nSPS) is 12.8. The van der Waals surface area contributed by atoms with Crippen molar-refractivity contribution in [2.75, 3.05) is 6.61 Å². The molecule has 110 valence electrons. The largest absolute Gasteiger partial charge is 0.370 e. The first-order chi connectivity index (χ1) is 9.69. The van der Waals surface area contributed by atoms with Crippen LogP contribution in [-0.4, -0.2) is 21.7 Å². The van der Waals surface area contributed by atoms with Gasteiger partial charge in [0.1, 0.15) is 16.0 Å². The summed E-state index contributed by atoms with van der Waals surface area (Å²) in [5.41, 5.74) is 6.47. The summed E-state index contributed by atoms with van der Waals surface area (Å²) >= 11 is 1.49. The van der Waals surface area contributed by atoms with Gasteiger partial charge in [0, 0.05) is 13.2 Å². The quantitative estimate of drug-likeness (QED) is 0.845. The Labute approximate surface area is 122 Å². The van der Waals surface area contributed by atoms with Crippen LogP contribution in [0.25, 0.3) is 10.8 Å². The molecule has 0 bridgehead atoms. The zero-order valence-electron chi connectivity index (χ0n) is 12.0. The fourth-order valence-corrected chi connectivity index (χ4v) is 2.81. The predicted molar refractivity (Wildman–Crippen MR) is 77.3 cm³/mol. The highest BCUT2D eigenvalue weighted by Gasteiger charge is 2.21. The molecule has 0 fully saturated rings. The van der Waals surface area contributed by atoms with Gasteiger partial charge in [-0.25, -0.2) is 4.98 Å². The van der Waals surface area contributed by atoms with Crippen molar-refractivity contribution in [3.63, 3.8) is 0 Å². The van der Waals surface area contributed by atoms with Crippen LogP contribution in [0, 0.1) is 6.92 Å². The molecule has 0 aliphatic rings. The Bertz CT molecular complexity index is 546. The molecule has 2 aromatic heterocycles. The van der Waals surface area contributed by atoms with E-state index in [2.05, 4.69) is 22.0 Å². The molecule has 0 aliphatic heterocycles. The van der Waals surface area contributed by atoms with Gasteiger partial charge in [-0.1, -0.05) is 18.5 Å². The Kier molecular flexibility index (Phi) is 5.22. The van der Waals surface area contributed by atoms with Gasteiger partial charge in [-0.2, -0.15) is 4.98 Å². The van der Waals surface area contributed by atoms with E-state index in [0.29, 0.717) is 24.9 Å². The molecule has 0 aromatic carbocycles. The van der Waals surface area contributed by atoms with E-state index in [4.69, 9.17) is 15.0 Å². The van der Waals surface area contributed by atoms with Crippen LogP contribution in [-0.2, 0) is 11.3 Å². The molecule has 7 heteroatoms. The van der Waals surface area contributed by atoms with Gasteiger partial charge in [-0.3, -0.25) is 0 Å². The molecular formula is C13H20N4O2S. The van der Waals surface area contributed by atoms with Gasteiger partial charge in [0.15, 0.2) is 0 Å². The molecule has 0 amide bonds. The molecule has 6 nitrogen and oxygen atoms in total. The SMILES string of the molecule is CCCC(OCC)c1noc(-c2sc(CN)nc2C)n1. The van der Waals surface area contributed by atoms with Crippen molar-refractivity contribution in [1.29, 1.82) is 0 Å². The minimum Gasteiger partial charge on any atom is -0.370 e. The van der Waals surface area contributed by atoms with Gasteiger partial charge >= 0.3 is 0 Å². The van der Waals surface area contributed by atoms with E-state index in [1.807, 2.05) is 13.8 Å². The number of ether oxygens (including phenoxy) is 1. The van der Waals surface area contributed by atoms with Crippen molar-refractivity contribution in [3.8, 4) is 10.8 Å². The summed E-state index contributed by atoms with van der Waals surface area (Å²) < 4.78 is 11.0. The average Bonchev–Trinajstić information content (AvgIpc) is 3.04. The third-order valence-electron chi connectivity index (χ3n) is 2.86. The lowest BCUT2D eigenvalue weighted by molar-refractivity contribution is 0.0478. The number of nitrogens with zero attached hydrogens (tertiary/aromatic N) is 3. The van der Waals surface area contributed by atoms with Gasteiger partial charge in [0.25, 0.3) is 5.89 Å². The molecule has 20 heavy (non-hydrogen) atoms. The smallest absolute Gasteiger partial charge is 0.270 e. The molecule has 1 unspecified atom stereocenters. The number of nitrogens with two attached hydrogens (primary N) is 1. The number of thiazole rings is 1. The molecule has 2 rings (SSSR count). The molecule has 0 spiro atoms. The van der Waals surface area contributed by atoms with Crippen molar-refractivity contribution < 1.29 is 9.26 Å². The van der Waals surface area contributed by atoms with E-state index in [1.54, 1.807) is 0 Å². The third-order valence-corrected chi connectivity index (χ3v) is 4.03. The lowest BCUT2D eigenvalue weighted by Crippen LogP contribution is -2.05. The second kappa shape index (κ2) is 6.92. The topological polar surface area (TPSA) is 87.1 Å². The van der Waals surface area contributed by atoms with Crippen molar-refractivity contribution in [3.05, 3.63) is 16.5 Å². The van der Waals surface area contributed by atoms with Gasteiger partial charge < -0.3 is 15.0 Å². The maximum absolute atomic E-state index is 5.66. The summed E-state index contributed by atoms with van der Waals surface area (Å²) in [5.74, 6) is 1.10. The number of hydrogen-bond acceptors (Lipinski definition) is 7. The van der Waals surface area contributed by atoms with E-state index in [9.17, 15) is 0 Å². The van der Waals surface area contributed by atoms with Gasteiger partial charge in [0.2, 0.25) is 5.82 Å². The van der Waals surface area contributed by atoms with E-state index >= 15 is 0 Å². The predicted octanol–water partition coefficient (Wildman–Crippen LogP) is 2.84. The molecule has 0 saturated carbocycles. The van der Waals surface area contributed by atoms with Crippen LogP contribution in [0.3, 0.4) is 0 Å². The summed E-state index contributed by atoms with van der Waals surface area (Å²) in [6.45, 7) is 7.04. The zero-order chi connectivity index (χ0) is 14.5. The Morgan fingerprint density at radius 3 is 2.75 bits per heavy atom. The summed E-state index contributed by atoms with van der Waals surface area (Å²) in [5, 5.41) is 4.91. The number of aryl methyl sites for hydroxylation is 1. The number of rotatable bonds is 7. The van der Waals surface area contributed by atoms with Gasteiger partial charge in [-0.15, -0.1) is 11.3 Å². The molecule has 2 heterocycles. The van der Waals surface area contributed by atoms with Crippen molar-refractivity contribution in [2.45, 2.75) is 46.3 Å². The van der Waals surface area contributed by atoms with E-state index in [-0.39, 0.29) is 6.10 Å². The van der Waals surface area contributed by atoms with E-state index in [0.717, 1.165) is 28.4 Å². The highest BCUT2D eigenvalue weighted by molar-refractivity contribution is 7.15. The lowest BCUT2D eigenvalue weighted by Gasteiger charge is -2.10. The summed E-state index contributed by atoms with van der Waals surface area (Å²) in [7, 11) is 0. The second-order valence-electron chi connectivity index (χ2n) is 4.42. The maximum Gasteiger partial charge on any atom is 0.270 e.